The van der Waals surface area contributed by atoms with Crippen LogP contribution in [0, 0.1) is 0 Å². The molecule has 0 radical (unpaired) electrons. The van der Waals surface area contributed by atoms with E-state index < -0.39 is 6.10 Å². The van der Waals surface area contributed by atoms with Gasteiger partial charge in [0.1, 0.15) is 18.0 Å². The molecular formula is C24H27N3O6. The number of aromatic nitrogens is 1. The molecule has 3 aliphatic heterocycles. The topological polar surface area (TPSA) is 110 Å². The molecule has 5 rings (SSSR count). The van der Waals surface area contributed by atoms with Gasteiger partial charge in [0.05, 0.1) is 37.9 Å². The first-order valence-corrected chi connectivity index (χ1v) is 11.3. The molecule has 2 N–H and O–H groups in total. The summed E-state index contributed by atoms with van der Waals surface area (Å²) in [4.78, 5) is 31.1. The summed E-state index contributed by atoms with van der Waals surface area (Å²) in [6.07, 6.45) is 2.82. The molecule has 3 aliphatic rings. The van der Waals surface area contributed by atoms with Crippen LogP contribution >= 0.6 is 0 Å². The van der Waals surface area contributed by atoms with Gasteiger partial charge in [0, 0.05) is 42.7 Å². The van der Waals surface area contributed by atoms with E-state index in [1.165, 1.54) is 6.20 Å². The maximum absolute atomic E-state index is 12.8. The summed E-state index contributed by atoms with van der Waals surface area (Å²) in [5.41, 5.74) is 2.08. The number of hydrogen-bond donors (Lipinski definition) is 2. The van der Waals surface area contributed by atoms with Gasteiger partial charge in [-0.1, -0.05) is 0 Å². The highest BCUT2D eigenvalue weighted by atomic mass is 16.6. The minimum absolute atomic E-state index is 0.0371. The number of amides is 2. The number of hydrogen-bond acceptors (Lipinski definition) is 7. The van der Waals surface area contributed by atoms with Crippen LogP contribution in [-0.4, -0.2) is 78.0 Å². The molecular weight excluding hydrogens is 426 g/mol. The second-order valence-corrected chi connectivity index (χ2v) is 8.55. The van der Waals surface area contributed by atoms with Crippen molar-refractivity contribution in [2.24, 2.45) is 0 Å². The number of nitrogens with one attached hydrogen (secondary N) is 1. The number of fused-ring (bicyclic) bond motifs is 3. The molecule has 174 valence electrons. The van der Waals surface area contributed by atoms with Gasteiger partial charge in [0.15, 0.2) is 0 Å². The molecule has 1 aromatic heterocycles. The number of nitrogens with zero attached hydrogens (tertiary/aromatic N) is 2. The average Bonchev–Trinajstić information content (AvgIpc) is 3.22. The number of aliphatic hydroxyl groups is 1. The van der Waals surface area contributed by atoms with Crippen LogP contribution in [0.4, 0.5) is 5.69 Å². The number of anilines is 1. The van der Waals surface area contributed by atoms with Crippen LogP contribution in [0.3, 0.4) is 0 Å². The fourth-order valence-electron chi connectivity index (χ4n) is 4.80. The van der Waals surface area contributed by atoms with Crippen molar-refractivity contribution in [3.63, 3.8) is 0 Å². The maximum atomic E-state index is 12.8. The van der Waals surface area contributed by atoms with E-state index in [0.29, 0.717) is 49.7 Å². The Kier molecular flexibility index (Phi) is 6.26. The normalized spacial score (nSPS) is 26.2. The standard InChI is InChI=1S/C24H27N3O6/c28-14-21-23-19(11-17(32-21)12-22(29)27-6-8-31-9-7-27)18-10-16(3-4-20(18)33-23)26-24(30)15-2-1-5-25-13-15/h1-5,10,13,17,19,21,23,28H,6-9,11-12,14H2,(H,26,30)/t17-,19+,21-,23-/m0/s1. The van der Waals surface area contributed by atoms with Gasteiger partial charge >= 0.3 is 0 Å². The van der Waals surface area contributed by atoms with Gasteiger partial charge in [-0.3, -0.25) is 14.6 Å². The second-order valence-electron chi connectivity index (χ2n) is 8.55. The number of carbonyl (C=O) groups is 2. The molecule has 9 nitrogen and oxygen atoms in total. The smallest absolute Gasteiger partial charge is 0.257 e. The summed E-state index contributed by atoms with van der Waals surface area (Å²) >= 11 is 0. The Morgan fingerprint density at radius 1 is 1.21 bits per heavy atom. The number of rotatable bonds is 5. The Bertz CT molecular complexity index is 1010. The van der Waals surface area contributed by atoms with Gasteiger partial charge in [-0.05, 0) is 36.8 Å². The van der Waals surface area contributed by atoms with Crippen molar-refractivity contribution < 1.29 is 28.9 Å². The van der Waals surface area contributed by atoms with Gasteiger partial charge in [0.25, 0.3) is 5.91 Å². The highest BCUT2D eigenvalue weighted by Crippen LogP contribution is 2.47. The molecule has 2 aromatic rings. The van der Waals surface area contributed by atoms with Crippen LogP contribution in [0.5, 0.6) is 5.75 Å². The highest BCUT2D eigenvalue weighted by molar-refractivity contribution is 6.04. The molecule has 9 heteroatoms. The predicted octanol–water partition coefficient (Wildman–Crippen LogP) is 1.58. The van der Waals surface area contributed by atoms with Gasteiger partial charge in [-0.15, -0.1) is 0 Å². The van der Waals surface area contributed by atoms with Crippen LogP contribution in [0.2, 0.25) is 0 Å². The monoisotopic (exact) mass is 453 g/mol. The Morgan fingerprint density at radius 2 is 2.06 bits per heavy atom. The number of benzene rings is 1. The molecule has 0 saturated carbocycles. The Morgan fingerprint density at radius 3 is 2.82 bits per heavy atom. The summed E-state index contributed by atoms with van der Waals surface area (Å²) in [6, 6.07) is 8.95. The van der Waals surface area contributed by atoms with Gasteiger partial charge < -0.3 is 29.5 Å². The third-order valence-electron chi connectivity index (χ3n) is 6.45. The van der Waals surface area contributed by atoms with E-state index >= 15 is 0 Å². The lowest BCUT2D eigenvalue weighted by Crippen LogP contribution is -2.48. The third-order valence-corrected chi connectivity index (χ3v) is 6.45. The summed E-state index contributed by atoms with van der Waals surface area (Å²) in [5.74, 6) is 0.470. The van der Waals surface area contributed by atoms with E-state index in [2.05, 4.69) is 10.3 Å². The minimum atomic E-state index is -0.521. The SMILES string of the molecule is O=C(Nc1ccc2c(c1)[C@H]1C[C@@H](CC(=O)N3CCOCC3)O[C@@H](CO)[C@H]1O2)c1cccnc1. The molecule has 2 amide bonds. The van der Waals surface area contributed by atoms with Gasteiger partial charge in [-0.2, -0.15) is 0 Å². The van der Waals surface area contributed by atoms with Gasteiger partial charge in [-0.25, -0.2) is 0 Å². The molecule has 0 bridgehead atoms. The average molecular weight is 453 g/mol. The number of ether oxygens (including phenoxy) is 3. The van der Waals surface area contributed by atoms with E-state index in [1.807, 2.05) is 12.1 Å². The van der Waals surface area contributed by atoms with Crippen molar-refractivity contribution in [1.29, 1.82) is 0 Å². The van der Waals surface area contributed by atoms with E-state index in [4.69, 9.17) is 14.2 Å². The first-order chi connectivity index (χ1) is 16.1. The fraction of sp³-hybridized carbons (Fsp3) is 0.458. The number of pyridine rings is 1. The number of carbonyl (C=O) groups excluding carboxylic acids is 2. The highest BCUT2D eigenvalue weighted by Gasteiger charge is 2.46. The fourth-order valence-corrected chi connectivity index (χ4v) is 4.80. The van der Waals surface area contributed by atoms with E-state index in [-0.39, 0.29) is 43.0 Å². The summed E-state index contributed by atoms with van der Waals surface area (Å²) in [6.45, 7) is 2.09. The first-order valence-electron chi connectivity index (χ1n) is 11.3. The lowest BCUT2D eigenvalue weighted by atomic mass is 9.84. The molecule has 0 spiro atoms. The van der Waals surface area contributed by atoms with Crippen LogP contribution in [0.25, 0.3) is 0 Å². The Balaban J connectivity index is 1.31. The van der Waals surface area contributed by atoms with Crippen molar-refractivity contribution in [1.82, 2.24) is 9.88 Å². The maximum Gasteiger partial charge on any atom is 0.257 e. The van der Waals surface area contributed by atoms with E-state index in [0.717, 1.165) is 5.56 Å². The van der Waals surface area contributed by atoms with Crippen LogP contribution < -0.4 is 10.1 Å². The van der Waals surface area contributed by atoms with Crippen molar-refractivity contribution >= 4 is 17.5 Å². The van der Waals surface area contributed by atoms with Crippen LogP contribution in [0.1, 0.15) is 34.7 Å². The van der Waals surface area contributed by atoms with Crippen molar-refractivity contribution in [2.75, 3.05) is 38.2 Å². The van der Waals surface area contributed by atoms with Crippen LogP contribution in [-0.2, 0) is 14.3 Å². The second kappa shape index (κ2) is 9.46. The molecule has 1 aromatic carbocycles. The predicted molar refractivity (Wildman–Crippen MR) is 118 cm³/mol. The molecule has 4 heterocycles. The minimum Gasteiger partial charge on any atom is -0.487 e. The molecule has 4 atom stereocenters. The van der Waals surface area contributed by atoms with E-state index in [9.17, 15) is 14.7 Å². The van der Waals surface area contributed by atoms with E-state index in [1.54, 1.807) is 29.3 Å². The largest absolute Gasteiger partial charge is 0.487 e. The van der Waals surface area contributed by atoms with Crippen LogP contribution in [0.15, 0.2) is 42.7 Å². The molecule has 2 saturated heterocycles. The number of aliphatic hydroxyl groups excluding tert-OH is 1. The zero-order valence-electron chi connectivity index (χ0n) is 18.2. The molecule has 0 unspecified atom stereocenters. The van der Waals surface area contributed by atoms with Crippen molar-refractivity contribution in [3.05, 3.63) is 53.9 Å². The lowest BCUT2D eigenvalue weighted by Gasteiger charge is -2.38. The summed E-state index contributed by atoms with van der Waals surface area (Å²) < 4.78 is 17.5. The number of morpholine rings is 1. The Labute approximate surface area is 191 Å². The molecule has 2 fully saturated rings. The Hall–Kier alpha value is -3.01. The van der Waals surface area contributed by atoms with Crippen molar-refractivity contribution in [2.45, 2.75) is 37.1 Å². The zero-order valence-corrected chi connectivity index (χ0v) is 18.2. The molecule has 33 heavy (non-hydrogen) atoms. The van der Waals surface area contributed by atoms with Gasteiger partial charge in [0.2, 0.25) is 5.91 Å². The summed E-state index contributed by atoms with van der Waals surface area (Å²) in [7, 11) is 0. The molecule has 0 aliphatic carbocycles. The van der Waals surface area contributed by atoms with Crippen molar-refractivity contribution in [3.8, 4) is 5.75 Å². The zero-order chi connectivity index (χ0) is 22.8. The lowest BCUT2D eigenvalue weighted by molar-refractivity contribution is -0.151. The summed E-state index contributed by atoms with van der Waals surface area (Å²) in [5, 5.41) is 12.8. The quantitative estimate of drug-likeness (QED) is 0.707. The third kappa shape index (κ3) is 4.57. The first kappa shape index (κ1) is 21.8.